The van der Waals surface area contributed by atoms with Gasteiger partial charge in [-0.15, -0.1) is 0 Å². The molecule has 0 bridgehead atoms. The first-order chi connectivity index (χ1) is 13.4. The van der Waals surface area contributed by atoms with E-state index in [2.05, 4.69) is 57.7 Å². The highest BCUT2D eigenvalue weighted by Crippen LogP contribution is 2.30. The third-order valence-corrected chi connectivity index (χ3v) is 4.79. The van der Waals surface area contributed by atoms with E-state index in [1.807, 2.05) is 18.2 Å². The fourth-order valence-corrected chi connectivity index (χ4v) is 2.99. The summed E-state index contributed by atoms with van der Waals surface area (Å²) in [6.45, 7) is 1.73. The minimum absolute atomic E-state index is 0.766. The van der Waals surface area contributed by atoms with Gasteiger partial charge in [0.05, 0.1) is 12.3 Å². The fourth-order valence-electron chi connectivity index (χ4n) is 2.99. The molecule has 2 aromatic carbocycles. The van der Waals surface area contributed by atoms with E-state index in [-0.39, 0.29) is 0 Å². The van der Waals surface area contributed by atoms with Gasteiger partial charge in [-0.1, -0.05) is 30.3 Å². The van der Waals surface area contributed by atoms with Gasteiger partial charge in [0.25, 0.3) is 0 Å². The summed E-state index contributed by atoms with van der Waals surface area (Å²) in [5.41, 5.74) is 3.36. The molecular formula is C23H25N3O. The van der Waals surface area contributed by atoms with E-state index in [9.17, 15) is 0 Å². The molecule has 138 valence electrons. The Morgan fingerprint density at radius 1 is 0.963 bits per heavy atom. The molecular weight excluding hydrogens is 334 g/mol. The number of rotatable bonds is 9. The van der Waals surface area contributed by atoms with Gasteiger partial charge in [0.1, 0.15) is 17.9 Å². The fraction of sp³-hybridized carbons (Fsp3) is 0.304. The molecule has 3 aromatic rings. The third kappa shape index (κ3) is 5.30. The molecule has 4 heteroatoms. The van der Waals surface area contributed by atoms with Gasteiger partial charge in [0, 0.05) is 18.2 Å². The Kier molecular flexibility index (Phi) is 5.63. The summed E-state index contributed by atoms with van der Waals surface area (Å²) >= 11 is 0. The number of aryl methyl sites for hydroxylation is 1. The molecule has 1 saturated carbocycles. The predicted molar refractivity (Wildman–Crippen MR) is 109 cm³/mol. The number of benzene rings is 2. The minimum atomic E-state index is 0.766. The average molecular weight is 359 g/mol. The van der Waals surface area contributed by atoms with Crippen molar-refractivity contribution in [2.45, 2.75) is 25.7 Å². The lowest BCUT2D eigenvalue weighted by Gasteiger charge is -2.08. The first kappa shape index (κ1) is 17.5. The molecule has 4 rings (SSSR count). The molecule has 1 aliphatic carbocycles. The summed E-state index contributed by atoms with van der Waals surface area (Å²) in [5, 5.41) is 3.40. The van der Waals surface area contributed by atoms with Crippen LogP contribution in [0.15, 0.2) is 67.0 Å². The first-order valence-corrected chi connectivity index (χ1v) is 9.70. The molecule has 1 N–H and O–H groups in total. The predicted octanol–water partition coefficient (Wildman–Crippen LogP) is 4.98. The van der Waals surface area contributed by atoms with Crippen molar-refractivity contribution in [1.82, 2.24) is 9.97 Å². The van der Waals surface area contributed by atoms with Crippen molar-refractivity contribution >= 4 is 5.82 Å². The smallest absolute Gasteiger partial charge is 0.129 e. The highest BCUT2D eigenvalue weighted by Gasteiger charge is 2.21. The van der Waals surface area contributed by atoms with Crippen molar-refractivity contribution in [3.05, 3.63) is 72.6 Å². The van der Waals surface area contributed by atoms with Gasteiger partial charge in [0.15, 0.2) is 0 Å². The van der Waals surface area contributed by atoms with Gasteiger partial charge in [-0.25, -0.2) is 9.97 Å². The summed E-state index contributed by atoms with van der Waals surface area (Å²) < 4.78 is 5.80. The number of hydrogen-bond acceptors (Lipinski definition) is 4. The summed E-state index contributed by atoms with van der Waals surface area (Å²) in [4.78, 5) is 8.74. The van der Waals surface area contributed by atoms with Crippen LogP contribution in [0.25, 0.3) is 11.3 Å². The number of aromatic nitrogens is 2. The number of nitrogens with one attached hydrogen (secondary N) is 1. The molecule has 0 amide bonds. The lowest BCUT2D eigenvalue weighted by atomic mass is 10.1. The molecule has 4 nitrogen and oxygen atoms in total. The lowest BCUT2D eigenvalue weighted by Crippen LogP contribution is -2.05. The van der Waals surface area contributed by atoms with E-state index >= 15 is 0 Å². The van der Waals surface area contributed by atoms with Crippen LogP contribution in [0.3, 0.4) is 0 Å². The molecule has 0 radical (unpaired) electrons. The van der Waals surface area contributed by atoms with Crippen LogP contribution in [0.4, 0.5) is 5.82 Å². The SMILES string of the molecule is c1ccc(CCCNc2cc(-c3ccc(OCC4CC4)cc3)ncn2)cc1. The summed E-state index contributed by atoms with van der Waals surface area (Å²) in [6, 6.07) is 20.7. The van der Waals surface area contributed by atoms with E-state index in [4.69, 9.17) is 4.74 Å². The Balaban J connectivity index is 1.30. The number of anilines is 1. The second kappa shape index (κ2) is 8.67. The summed E-state index contributed by atoms with van der Waals surface area (Å²) in [5.74, 6) is 2.56. The Labute approximate surface area is 160 Å². The minimum Gasteiger partial charge on any atom is -0.493 e. The van der Waals surface area contributed by atoms with Gasteiger partial charge in [-0.2, -0.15) is 0 Å². The van der Waals surface area contributed by atoms with Crippen LogP contribution >= 0.6 is 0 Å². The molecule has 0 aliphatic heterocycles. The molecule has 27 heavy (non-hydrogen) atoms. The van der Waals surface area contributed by atoms with Gasteiger partial charge in [-0.05, 0) is 61.4 Å². The van der Waals surface area contributed by atoms with Crippen LogP contribution in [0.1, 0.15) is 24.8 Å². The van der Waals surface area contributed by atoms with Crippen molar-refractivity contribution in [3.63, 3.8) is 0 Å². The van der Waals surface area contributed by atoms with E-state index < -0.39 is 0 Å². The van der Waals surface area contributed by atoms with Gasteiger partial charge in [-0.3, -0.25) is 0 Å². The van der Waals surface area contributed by atoms with Crippen molar-refractivity contribution in [1.29, 1.82) is 0 Å². The van der Waals surface area contributed by atoms with Crippen molar-refractivity contribution in [3.8, 4) is 17.0 Å². The Hall–Kier alpha value is -2.88. The number of nitrogens with zero attached hydrogens (tertiary/aromatic N) is 2. The normalized spacial score (nSPS) is 13.3. The zero-order chi connectivity index (χ0) is 18.3. The van der Waals surface area contributed by atoms with Crippen LogP contribution in [0.2, 0.25) is 0 Å². The van der Waals surface area contributed by atoms with Crippen LogP contribution in [0.5, 0.6) is 5.75 Å². The van der Waals surface area contributed by atoms with E-state index in [0.29, 0.717) is 0 Å². The van der Waals surface area contributed by atoms with Crippen LogP contribution < -0.4 is 10.1 Å². The van der Waals surface area contributed by atoms with Crippen molar-refractivity contribution in [2.75, 3.05) is 18.5 Å². The molecule has 0 spiro atoms. The van der Waals surface area contributed by atoms with Crippen LogP contribution in [-0.2, 0) is 6.42 Å². The number of ether oxygens (including phenoxy) is 1. The highest BCUT2D eigenvalue weighted by atomic mass is 16.5. The van der Waals surface area contributed by atoms with E-state index in [1.165, 1.54) is 18.4 Å². The largest absolute Gasteiger partial charge is 0.493 e. The highest BCUT2D eigenvalue weighted by molar-refractivity contribution is 5.62. The quantitative estimate of drug-likeness (QED) is 0.548. The van der Waals surface area contributed by atoms with Crippen molar-refractivity contribution < 1.29 is 4.74 Å². The molecule has 1 aromatic heterocycles. The zero-order valence-electron chi connectivity index (χ0n) is 15.5. The van der Waals surface area contributed by atoms with Crippen LogP contribution in [0, 0.1) is 5.92 Å². The average Bonchev–Trinajstić information content (AvgIpc) is 3.56. The molecule has 1 heterocycles. The Morgan fingerprint density at radius 2 is 1.78 bits per heavy atom. The van der Waals surface area contributed by atoms with Crippen LogP contribution in [-0.4, -0.2) is 23.1 Å². The maximum atomic E-state index is 5.80. The summed E-state index contributed by atoms with van der Waals surface area (Å²) in [6.07, 6.45) is 6.36. The Morgan fingerprint density at radius 3 is 2.56 bits per heavy atom. The van der Waals surface area contributed by atoms with Crippen molar-refractivity contribution in [2.24, 2.45) is 5.92 Å². The lowest BCUT2D eigenvalue weighted by molar-refractivity contribution is 0.300. The standard InChI is InChI=1S/C23H25N3O/c1-2-5-18(6-3-1)7-4-14-24-23-15-22(25-17-26-23)20-10-12-21(13-11-20)27-16-19-8-9-19/h1-3,5-6,10-13,15,17,19H,4,7-9,14,16H2,(H,24,25,26). The molecule has 1 fully saturated rings. The van der Waals surface area contributed by atoms with Gasteiger partial charge < -0.3 is 10.1 Å². The molecule has 1 aliphatic rings. The summed E-state index contributed by atoms with van der Waals surface area (Å²) in [7, 11) is 0. The second-order valence-corrected chi connectivity index (χ2v) is 7.08. The molecule has 0 atom stereocenters. The Bertz CT molecular complexity index is 845. The number of hydrogen-bond donors (Lipinski definition) is 1. The molecule has 0 unspecified atom stereocenters. The maximum Gasteiger partial charge on any atom is 0.129 e. The topological polar surface area (TPSA) is 47.0 Å². The third-order valence-electron chi connectivity index (χ3n) is 4.79. The molecule has 0 saturated heterocycles. The monoisotopic (exact) mass is 359 g/mol. The van der Waals surface area contributed by atoms with Gasteiger partial charge >= 0.3 is 0 Å². The maximum absolute atomic E-state index is 5.80. The van der Waals surface area contributed by atoms with Gasteiger partial charge in [0.2, 0.25) is 0 Å². The first-order valence-electron chi connectivity index (χ1n) is 9.70. The zero-order valence-corrected chi connectivity index (χ0v) is 15.5. The second-order valence-electron chi connectivity index (χ2n) is 7.08. The van der Waals surface area contributed by atoms with E-state index in [1.54, 1.807) is 6.33 Å². The van der Waals surface area contributed by atoms with E-state index in [0.717, 1.165) is 54.7 Å².